The lowest BCUT2D eigenvalue weighted by atomic mass is 9.95. The standard InChI is InChI=1S/C13H20BrFN2O/c1-13(2,18-3)7-6-12(17-16)10-8-9(15)4-5-11(10)14/h4-5,8,12,17H,6-7,16H2,1-3H3. The molecule has 5 heteroatoms. The van der Waals surface area contributed by atoms with E-state index < -0.39 is 0 Å². The van der Waals surface area contributed by atoms with Gasteiger partial charge in [0.1, 0.15) is 5.82 Å². The zero-order valence-electron chi connectivity index (χ0n) is 11.0. The molecule has 3 nitrogen and oxygen atoms in total. The molecule has 1 atom stereocenters. The summed E-state index contributed by atoms with van der Waals surface area (Å²) in [5.41, 5.74) is 3.34. The van der Waals surface area contributed by atoms with Crippen molar-refractivity contribution < 1.29 is 9.13 Å². The minimum Gasteiger partial charge on any atom is -0.379 e. The Morgan fingerprint density at radius 2 is 2.17 bits per heavy atom. The third-order valence-corrected chi connectivity index (χ3v) is 3.84. The van der Waals surface area contributed by atoms with Gasteiger partial charge in [-0.2, -0.15) is 0 Å². The van der Waals surface area contributed by atoms with E-state index >= 15 is 0 Å². The minimum atomic E-state index is -0.264. The van der Waals surface area contributed by atoms with E-state index in [1.54, 1.807) is 13.2 Å². The molecule has 0 radical (unpaired) electrons. The van der Waals surface area contributed by atoms with E-state index in [-0.39, 0.29) is 17.5 Å². The third-order valence-electron chi connectivity index (χ3n) is 3.12. The molecule has 0 aliphatic rings. The van der Waals surface area contributed by atoms with Crippen LogP contribution in [-0.4, -0.2) is 12.7 Å². The van der Waals surface area contributed by atoms with Crippen molar-refractivity contribution >= 4 is 15.9 Å². The summed E-state index contributed by atoms with van der Waals surface area (Å²) >= 11 is 3.42. The summed E-state index contributed by atoms with van der Waals surface area (Å²) in [5, 5.41) is 0. The van der Waals surface area contributed by atoms with Crippen LogP contribution in [0.3, 0.4) is 0 Å². The maximum atomic E-state index is 13.3. The maximum Gasteiger partial charge on any atom is 0.123 e. The average molecular weight is 319 g/mol. The topological polar surface area (TPSA) is 47.3 Å². The third kappa shape index (κ3) is 4.31. The zero-order chi connectivity index (χ0) is 13.8. The molecule has 0 heterocycles. The van der Waals surface area contributed by atoms with Gasteiger partial charge in [-0.15, -0.1) is 0 Å². The van der Waals surface area contributed by atoms with E-state index in [4.69, 9.17) is 10.6 Å². The molecule has 0 bridgehead atoms. The molecule has 1 unspecified atom stereocenters. The molecule has 0 aromatic heterocycles. The van der Waals surface area contributed by atoms with E-state index in [1.807, 2.05) is 13.8 Å². The second kappa shape index (κ2) is 6.61. The first-order valence-corrected chi connectivity index (χ1v) is 6.65. The van der Waals surface area contributed by atoms with Gasteiger partial charge in [-0.1, -0.05) is 15.9 Å². The Hall–Kier alpha value is -0.490. The van der Waals surface area contributed by atoms with Crippen molar-refractivity contribution in [3.8, 4) is 0 Å². The van der Waals surface area contributed by atoms with Crippen molar-refractivity contribution in [1.29, 1.82) is 0 Å². The van der Waals surface area contributed by atoms with Gasteiger partial charge in [-0.3, -0.25) is 11.3 Å². The summed E-state index contributed by atoms with van der Waals surface area (Å²) in [6.45, 7) is 4.03. The Kier molecular flexibility index (Phi) is 5.72. The number of nitrogens with one attached hydrogen (secondary N) is 1. The van der Waals surface area contributed by atoms with Gasteiger partial charge < -0.3 is 4.74 Å². The molecule has 0 aliphatic carbocycles. The van der Waals surface area contributed by atoms with E-state index in [2.05, 4.69) is 21.4 Å². The number of rotatable bonds is 6. The Morgan fingerprint density at radius 1 is 1.50 bits per heavy atom. The van der Waals surface area contributed by atoms with Gasteiger partial charge in [0, 0.05) is 17.6 Å². The first-order chi connectivity index (χ1) is 8.39. The van der Waals surface area contributed by atoms with Gasteiger partial charge in [0.05, 0.1) is 5.60 Å². The molecule has 0 amide bonds. The summed E-state index contributed by atoms with van der Waals surface area (Å²) < 4.78 is 19.5. The van der Waals surface area contributed by atoms with Gasteiger partial charge in [0.15, 0.2) is 0 Å². The monoisotopic (exact) mass is 318 g/mol. The fourth-order valence-corrected chi connectivity index (χ4v) is 2.23. The first-order valence-electron chi connectivity index (χ1n) is 5.86. The normalized spacial score (nSPS) is 13.7. The average Bonchev–Trinajstić information content (AvgIpc) is 2.34. The van der Waals surface area contributed by atoms with Crippen LogP contribution in [0.1, 0.15) is 38.3 Å². The van der Waals surface area contributed by atoms with E-state index in [9.17, 15) is 4.39 Å². The molecule has 1 rings (SSSR count). The summed E-state index contributed by atoms with van der Waals surface area (Å²) in [4.78, 5) is 0. The van der Waals surface area contributed by atoms with Crippen molar-refractivity contribution in [3.63, 3.8) is 0 Å². The van der Waals surface area contributed by atoms with E-state index in [0.717, 1.165) is 22.9 Å². The highest BCUT2D eigenvalue weighted by molar-refractivity contribution is 9.10. The Morgan fingerprint density at radius 3 is 2.72 bits per heavy atom. The Labute approximate surface area is 116 Å². The second-order valence-electron chi connectivity index (χ2n) is 4.89. The fourth-order valence-electron chi connectivity index (χ4n) is 1.70. The van der Waals surface area contributed by atoms with Crippen LogP contribution in [0.15, 0.2) is 22.7 Å². The van der Waals surface area contributed by atoms with Crippen molar-refractivity contribution in [1.82, 2.24) is 5.43 Å². The van der Waals surface area contributed by atoms with Crippen molar-refractivity contribution in [2.45, 2.75) is 38.3 Å². The molecule has 3 N–H and O–H groups in total. The Bertz CT molecular complexity index is 399. The number of hydrazine groups is 1. The van der Waals surface area contributed by atoms with Crippen LogP contribution >= 0.6 is 15.9 Å². The number of nitrogens with two attached hydrogens (primary N) is 1. The van der Waals surface area contributed by atoms with Crippen LogP contribution in [0.5, 0.6) is 0 Å². The predicted octanol–water partition coefficient (Wildman–Crippen LogP) is 3.30. The van der Waals surface area contributed by atoms with Crippen LogP contribution in [0, 0.1) is 5.82 Å². The lowest BCUT2D eigenvalue weighted by molar-refractivity contribution is 0.0116. The van der Waals surface area contributed by atoms with Crippen molar-refractivity contribution in [2.75, 3.05) is 7.11 Å². The molecule has 0 aliphatic heterocycles. The number of hydrogen-bond donors (Lipinski definition) is 2. The highest BCUT2D eigenvalue weighted by atomic mass is 79.9. The lowest BCUT2D eigenvalue weighted by Crippen LogP contribution is -2.31. The molecule has 1 aromatic carbocycles. The van der Waals surface area contributed by atoms with E-state index in [1.165, 1.54) is 12.1 Å². The summed E-state index contributed by atoms with van der Waals surface area (Å²) in [6, 6.07) is 4.50. The number of hydrogen-bond acceptors (Lipinski definition) is 3. The van der Waals surface area contributed by atoms with Crippen LogP contribution in [-0.2, 0) is 4.74 Å². The van der Waals surface area contributed by atoms with Gasteiger partial charge in [0.2, 0.25) is 0 Å². The number of benzene rings is 1. The maximum absolute atomic E-state index is 13.3. The summed E-state index contributed by atoms with van der Waals surface area (Å²) in [7, 11) is 1.68. The molecule has 0 saturated carbocycles. The minimum absolute atomic E-state index is 0.107. The first kappa shape index (κ1) is 15.6. The Balaban J connectivity index is 2.80. The van der Waals surface area contributed by atoms with Crippen molar-refractivity contribution in [3.05, 3.63) is 34.1 Å². The molecular weight excluding hydrogens is 299 g/mol. The van der Waals surface area contributed by atoms with Gasteiger partial charge in [0.25, 0.3) is 0 Å². The van der Waals surface area contributed by atoms with Crippen molar-refractivity contribution in [2.24, 2.45) is 5.84 Å². The van der Waals surface area contributed by atoms with Gasteiger partial charge >= 0.3 is 0 Å². The van der Waals surface area contributed by atoms with Crippen LogP contribution in [0.25, 0.3) is 0 Å². The second-order valence-corrected chi connectivity index (χ2v) is 5.74. The largest absolute Gasteiger partial charge is 0.379 e. The molecule has 1 aromatic rings. The highest BCUT2D eigenvalue weighted by Gasteiger charge is 2.21. The number of halogens is 2. The van der Waals surface area contributed by atoms with Crippen LogP contribution < -0.4 is 11.3 Å². The molecule has 0 spiro atoms. The smallest absolute Gasteiger partial charge is 0.123 e. The lowest BCUT2D eigenvalue weighted by Gasteiger charge is -2.26. The molecular formula is C13H20BrFN2O. The quantitative estimate of drug-likeness (QED) is 0.625. The summed E-state index contributed by atoms with van der Waals surface area (Å²) in [6.07, 6.45) is 1.58. The highest BCUT2D eigenvalue weighted by Crippen LogP contribution is 2.29. The molecule has 102 valence electrons. The van der Waals surface area contributed by atoms with Gasteiger partial charge in [-0.05, 0) is 50.5 Å². The SMILES string of the molecule is COC(C)(C)CCC(NN)c1cc(F)ccc1Br. The predicted molar refractivity (Wildman–Crippen MR) is 74.5 cm³/mol. The molecule has 18 heavy (non-hydrogen) atoms. The van der Waals surface area contributed by atoms with Crippen LogP contribution in [0.2, 0.25) is 0 Å². The summed E-state index contributed by atoms with van der Waals surface area (Å²) in [5.74, 6) is 5.30. The number of ether oxygens (including phenoxy) is 1. The zero-order valence-corrected chi connectivity index (χ0v) is 12.6. The number of methoxy groups -OCH3 is 1. The van der Waals surface area contributed by atoms with Gasteiger partial charge in [-0.25, -0.2) is 4.39 Å². The van der Waals surface area contributed by atoms with Crippen LogP contribution in [0.4, 0.5) is 4.39 Å². The molecule has 0 fully saturated rings. The fraction of sp³-hybridized carbons (Fsp3) is 0.538. The van der Waals surface area contributed by atoms with E-state index in [0.29, 0.717) is 0 Å². The molecule has 0 saturated heterocycles.